The maximum atomic E-state index is 8.94. The molecule has 56 valence electrons. The van der Waals surface area contributed by atoms with Crippen LogP contribution >= 0.6 is 0 Å². The molecule has 10 heavy (non-hydrogen) atoms. The summed E-state index contributed by atoms with van der Waals surface area (Å²) in [6, 6.07) is 1.55. The Morgan fingerprint density at radius 2 is 2.50 bits per heavy atom. The van der Waals surface area contributed by atoms with Crippen LogP contribution < -0.4 is 4.74 Å². The summed E-state index contributed by atoms with van der Waals surface area (Å²) in [6.45, 7) is 1.60. The molecule has 0 aliphatic carbocycles. The van der Waals surface area contributed by atoms with Crippen molar-refractivity contribution in [3.05, 3.63) is 11.8 Å². The average molecular weight is 143 g/mol. The summed E-state index contributed by atoms with van der Waals surface area (Å²) >= 11 is 0. The van der Waals surface area contributed by atoms with Gasteiger partial charge in [-0.05, 0) is 12.1 Å². The lowest BCUT2D eigenvalue weighted by molar-refractivity contribution is 0.157. The van der Waals surface area contributed by atoms with Gasteiger partial charge in [-0.15, -0.1) is 0 Å². The molecule has 0 saturated heterocycles. The largest absolute Gasteiger partial charge is 0.479 e. The highest BCUT2D eigenvalue weighted by molar-refractivity contribution is 5.11. The van der Waals surface area contributed by atoms with Gasteiger partial charge in [0.15, 0.2) is 5.76 Å². The number of methoxy groups -OCH3 is 1. The fraction of sp³-hybridized carbons (Fsp3) is 0.500. The molecule has 1 atom stereocenters. The van der Waals surface area contributed by atoms with Crippen molar-refractivity contribution >= 4 is 0 Å². The molecule has 0 aromatic carbocycles. The van der Waals surface area contributed by atoms with Crippen LogP contribution in [0.4, 0.5) is 0 Å². The highest BCUT2D eigenvalue weighted by Crippen LogP contribution is 2.16. The Balaban J connectivity index is 2.78. The van der Waals surface area contributed by atoms with Crippen molar-refractivity contribution in [2.24, 2.45) is 0 Å². The molecule has 1 rings (SSSR count). The van der Waals surface area contributed by atoms with Crippen LogP contribution in [0.1, 0.15) is 18.8 Å². The zero-order valence-electron chi connectivity index (χ0n) is 5.87. The minimum Gasteiger partial charge on any atom is -0.479 e. The van der Waals surface area contributed by atoms with Gasteiger partial charge in [-0.3, -0.25) is 0 Å². The number of hydrogen-bond acceptors (Lipinski definition) is 4. The number of hydrogen-bond donors (Lipinski definition) is 1. The van der Waals surface area contributed by atoms with Gasteiger partial charge in [0.1, 0.15) is 6.10 Å². The summed E-state index contributed by atoms with van der Waals surface area (Å²) < 4.78 is 9.42. The second kappa shape index (κ2) is 2.70. The average Bonchev–Trinajstić information content (AvgIpc) is 2.34. The van der Waals surface area contributed by atoms with Crippen molar-refractivity contribution in [1.82, 2.24) is 5.16 Å². The van der Waals surface area contributed by atoms with Crippen molar-refractivity contribution in [2.75, 3.05) is 7.11 Å². The summed E-state index contributed by atoms with van der Waals surface area (Å²) in [7, 11) is 1.49. The zero-order chi connectivity index (χ0) is 7.56. The van der Waals surface area contributed by atoms with E-state index in [1.807, 2.05) is 0 Å². The second-order valence-electron chi connectivity index (χ2n) is 1.95. The number of nitrogens with zero attached hydrogens (tertiary/aromatic N) is 1. The lowest BCUT2D eigenvalue weighted by Gasteiger charge is -1.92. The summed E-state index contributed by atoms with van der Waals surface area (Å²) in [6.07, 6.45) is -0.628. The van der Waals surface area contributed by atoms with Gasteiger partial charge in [-0.1, -0.05) is 0 Å². The lowest BCUT2D eigenvalue weighted by Crippen LogP contribution is -1.85. The maximum Gasteiger partial charge on any atom is 0.254 e. The molecule has 4 heteroatoms. The number of aliphatic hydroxyl groups excluding tert-OH is 1. The summed E-state index contributed by atoms with van der Waals surface area (Å²) in [4.78, 5) is 0. The lowest BCUT2D eigenvalue weighted by atomic mass is 10.3. The van der Waals surface area contributed by atoms with Crippen LogP contribution in [-0.2, 0) is 0 Å². The van der Waals surface area contributed by atoms with E-state index in [1.54, 1.807) is 13.0 Å². The van der Waals surface area contributed by atoms with Crippen molar-refractivity contribution in [3.8, 4) is 5.88 Å². The molecule has 1 N–H and O–H groups in total. The zero-order valence-corrected chi connectivity index (χ0v) is 5.87. The molecule has 1 unspecified atom stereocenters. The maximum absolute atomic E-state index is 8.94. The smallest absolute Gasteiger partial charge is 0.254 e. The molecule has 0 radical (unpaired) electrons. The molecule has 1 aromatic rings. The highest BCUT2D eigenvalue weighted by Gasteiger charge is 2.07. The van der Waals surface area contributed by atoms with E-state index < -0.39 is 6.10 Å². The third-order valence-corrected chi connectivity index (χ3v) is 1.13. The minimum atomic E-state index is -0.628. The first kappa shape index (κ1) is 7.08. The molecular formula is C6H9NO3. The number of rotatable bonds is 2. The van der Waals surface area contributed by atoms with E-state index >= 15 is 0 Å². The third kappa shape index (κ3) is 1.27. The molecule has 0 amide bonds. The Morgan fingerprint density at radius 1 is 1.80 bits per heavy atom. The molecule has 4 nitrogen and oxygen atoms in total. The van der Waals surface area contributed by atoms with E-state index in [0.717, 1.165) is 0 Å². The SMILES string of the molecule is COc1cc(C(C)O)on1. The van der Waals surface area contributed by atoms with Gasteiger partial charge < -0.3 is 14.4 Å². The van der Waals surface area contributed by atoms with Gasteiger partial charge in [0.2, 0.25) is 0 Å². The van der Waals surface area contributed by atoms with Gasteiger partial charge in [-0.25, -0.2) is 0 Å². The van der Waals surface area contributed by atoms with Crippen molar-refractivity contribution in [1.29, 1.82) is 0 Å². The predicted octanol–water partition coefficient (Wildman–Crippen LogP) is 0.736. The first-order chi connectivity index (χ1) is 4.74. The fourth-order valence-electron chi connectivity index (χ4n) is 0.565. The monoisotopic (exact) mass is 143 g/mol. The molecule has 0 bridgehead atoms. The quantitative estimate of drug-likeness (QED) is 0.663. The number of aliphatic hydroxyl groups is 1. The van der Waals surface area contributed by atoms with E-state index in [2.05, 4.69) is 5.16 Å². The van der Waals surface area contributed by atoms with E-state index in [0.29, 0.717) is 11.6 Å². The van der Waals surface area contributed by atoms with Crippen LogP contribution in [0.5, 0.6) is 5.88 Å². The Labute approximate surface area is 58.4 Å². The van der Waals surface area contributed by atoms with Gasteiger partial charge >= 0.3 is 0 Å². The summed E-state index contributed by atoms with van der Waals surface area (Å²) in [5.41, 5.74) is 0. The van der Waals surface area contributed by atoms with Crippen molar-refractivity contribution < 1.29 is 14.4 Å². The molecular weight excluding hydrogens is 134 g/mol. The Hall–Kier alpha value is -1.03. The molecule has 0 aliphatic rings. The number of ether oxygens (including phenoxy) is 1. The van der Waals surface area contributed by atoms with Crippen LogP contribution in [-0.4, -0.2) is 17.4 Å². The summed E-state index contributed by atoms with van der Waals surface area (Å²) in [5.74, 6) is 0.799. The molecule has 0 saturated carbocycles. The van der Waals surface area contributed by atoms with Crippen LogP contribution in [0.3, 0.4) is 0 Å². The molecule has 0 spiro atoms. The molecule has 0 fully saturated rings. The molecule has 1 heterocycles. The first-order valence-corrected chi connectivity index (χ1v) is 2.92. The van der Waals surface area contributed by atoms with E-state index in [1.165, 1.54) is 7.11 Å². The van der Waals surface area contributed by atoms with E-state index in [4.69, 9.17) is 14.4 Å². The topological polar surface area (TPSA) is 55.5 Å². The normalized spacial score (nSPS) is 13.1. The summed E-state index contributed by atoms with van der Waals surface area (Å²) in [5, 5.41) is 12.4. The standard InChI is InChI=1S/C6H9NO3/c1-4(8)5-3-6(9-2)7-10-5/h3-4,8H,1-2H3. The number of aromatic nitrogens is 1. The van der Waals surface area contributed by atoms with Gasteiger partial charge in [-0.2, -0.15) is 0 Å². The molecule has 0 aliphatic heterocycles. The van der Waals surface area contributed by atoms with E-state index in [-0.39, 0.29) is 0 Å². The van der Waals surface area contributed by atoms with Crippen molar-refractivity contribution in [2.45, 2.75) is 13.0 Å². The second-order valence-corrected chi connectivity index (χ2v) is 1.95. The van der Waals surface area contributed by atoms with Crippen LogP contribution in [0.25, 0.3) is 0 Å². The van der Waals surface area contributed by atoms with Gasteiger partial charge in [0, 0.05) is 6.07 Å². The Kier molecular flexibility index (Phi) is 1.91. The fourth-order valence-corrected chi connectivity index (χ4v) is 0.565. The van der Waals surface area contributed by atoms with Crippen LogP contribution in [0, 0.1) is 0 Å². The van der Waals surface area contributed by atoms with Gasteiger partial charge in [0.05, 0.1) is 7.11 Å². The Bertz CT molecular complexity index is 207. The van der Waals surface area contributed by atoms with E-state index in [9.17, 15) is 0 Å². The predicted molar refractivity (Wildman–Crippen MR) is 33.7 cm³/mol. The van der Waals surface area contributed by atoms with Crippen LogP contribution in [0.2, 0.25) is 0 Å². The Morgan fingerprint density at radius 3 is 2.80 bits per heavy atom. The highest BCUT2D eigenvalue weighted by atomic mass is 16.5. The van der Waals surface area contributed by atoms with Crippen LogP contribution in [0.15, 0.2) is 10.6 Å². The van der Waals surface area contributed by atoms with Crippen molar-refractivity contribution in [3.63, 3.8) is 0 Å². The third-order valence-electron chi connectivity index (χ3n) is 1.13. The van der Waals surface area contributed by atoms with Gasteiger partial charge in [0.25, 0.3) is 5.88 Å². The molecule has 1 aromatic heterocycles. The first-order valence-electron chi connectivity index (χ1n) is 2.92. The minimum absolute atomic E-state index is 0.385.